The molecule has 0 bridgehead atoms. The van der Waals surface area contributed by atoms with E-state index in [1.54, 1.807) is 0 Å². The number of ketones is 1. The van der Waals surface area contributed by atoms with Crippen LogP contribution < -0.4 is 5.32 Å². The SMILES string of the molecule is CCCCCCCC(=O)c1cc(Cl)ccc1S(=O)(=O)N(C)C(=O)NCCC. The minimum atomic E-state index is -4.16. The highest BCUT2D eigenvalue weighted by Crippen LogP contribution is 2.25. The molecule has 27 heavy (non-hydrogen) atoms. The molecule has 0 saturated carbocycles. The molecule has 0 fully saturated rings. The lowest BCUT2D eigenvalue weighted by atomic mass is 10.0. The van der Waals surface area contributed by atoms with E-state index < -0.39 is 16.1 Å². The number of hydrogen-bond acceptors (Lipinski definition) is 4. The topological polar surface area (TPSA) is 83.6 Å². The Labute approximate surface area is 167 Å². The van der Waals surface area contributed by atoms with Crippen molar-refractivity contribution in [2.24, 2.45) is 0 Å². The number of hydrogen-bond donors (Lipinski definition) is 1. The molecule has 8 heteroatoms. The summed E-state index contributed by atoms with van der Waals surface area (Å²) in [5.41, 5.74) is 0.0353. The first-order valence-corrected chi connectivity index (χ1v) is 11.2. The van der Waals surface area contributed by atoms with Gasteiger partial charge in [-0.1, -0.05) is 51.1 Å². The van der Waals surface area contributed by atoms with Crippen LogP contribution in [0.15, 0.2) is 23.1 Å². The summed E-state index contributed by atoms with van der Waals surface area (Å²) in [6.07, 6.45) is 5.81. The number of Topliss-reactive ketones (excluding diaryl/α,β-unsaturated/α-hetero) is 1. The van der Waals surface area contributed by atoms with Crippen LogP contribution >= 0.6 is 11.6 Å². The lowest BCUT2D eigenvalue weighted by Gasteiger charge is -2.20. The molecule has 2 amide bonds. The van der Waals surface area contributed by atoms with Gasteiger partial charge in [0.05, 0.1) is 4.90 Å². The molecule has 6 nitrogen and oxygen atoms in total. The third kappa shape index (κ3) is 6.81. The zero-order chi connectivity index (χ0) is 20.4. The van der Waals surface area contributed by atoms with Gasteiger partial charge in [0.2, 0.25) is 0 Å². The third-order valence-corrected chi connectivity index (χ3v) is 6.23. The summed E-state index contributed by atoms with van der Waals surface area (Å²) < 4.78 is 26.3. The van der Waals surface area contributed by atoms with Crippen LogP contribution in [-0.2, 0) is 10.0 Å². The maximum atomic E-state index is 12.9. The van der Waals surface area contributed by atoms with Crippen molar-refractivity contribution in [1.29, 1.82) is 0 Å². The minimum Gasteiger partial charge on any atom is -0.337 e. The Morgan fingerprint density at radius 3 is 2.37 bits per heavy atom. The third-order valence-electron chi connectivity index (χ3n) is 4.20. The van der Waals surface area contributed by atoms with Crippen molar-refractivity contribution in [3.63, 3.8) is 0 Å². The fourth-order valence-corrected chi connectivity index (χ4v) is 4.01. The van der Waals surface area contributed by atoms with Gasteiger partial charge < -0.3 is 5.32 Å². The monoisotopic (exact) mass is 416 g/mol. The van der Waals surface area contributed by atoms with Gasteiger partial charge in [0.1, 0.15) is 0 Å². The Morgan fingerprint density at radius 1 is 1.07 bits per heavy atom. The molecule has 0 spiro atoms. The smallest absolute Gasteiger partial charge is 0.331 e. The van der Waals surface area contributed by atoms with Crippen LogP contribution in [-0.4, -0.2) is 38.1 Å². The van der Waals surface area contributed by atoms with Crippen LogP contribution in [0.2, 0.25) is 5.02 Å². The van der Waals surface area contributed by atoms with E-state index in [2.05, 4.69) is 12.2 Å². The first-order chi connectivity index (χ1) is 12.8. The molecular formula is C19H29ClN2O4S. The van der Waals surface area contributed by atoms with Crippen molar-refractivity contribution in [3.8, 4) is 0 Å². The summed E-state index contributed by atoms with van der Waals surface area (Å²) in [5.74, 6) is -0.282. The summed E-state index contributed by atoms with van der Waals surface area (Å²) >= 11 is 5.98. The van der Waals surface area contributed by atoms with Crippen molar-refractivity contribution in [3.05, 3.63) is 28.8 Å². The molecule has 0 atom stereocenters. The molecule has 152 valence electrons. The molecule has 0 unspecified atom stereocenters. The highest BCUT2D eigenvalue weighted by molar-refractivity contribution is 7.89. The summed E-state index contributed by atoms with van der Waals surface area (Å²) in [6.45, 7) is 4.34. The Bertz CT molecular complexity index is 750. The average molecular weight is 417 g/mol. The maximum Gasteiger partial charge on any atom is 0.331 e. The minimum absolute atomic E-state index is 0.0353. The normalized spacial score (nSPS) is 11.3. The van der Waals surface area contributed by atoms with E-state index in [-0.39, 0.29) is 27.7 Å². The molecule has 1 rings (SSSR count). The number of amides is 2. The van der Waals surface area contributed by atoms with E-state index >= 15 is 0 Å². The summed E-state index contributed by atoms with van der Waals surface area (Å²) in [5, 5.41) is 2.80. The largest absolute Gasteiger partial charge is 0.337 e. The number of halogens is 1. The van der Waals surface area contributed by atoms with E-state index in [9.17, 15) is 18.0 Å². The molecule has 1 aromatic rings. The lowest BCUT2D eigenvalue weighted by molar-refractivity contribution is 0.0975. The fraction of sp³-hybridized carbons (Fsp3) is 0.579. The Hall–Kier alpha value is -1.60. The summed E-state index contributed by atoms with van der Waals surface area (Å²) in [7, 11) is -2.98. The van der Waals surface area contributed by atoms with Crippen LogP contribution in [0, 0.1) is 0 Å². The second kappa shape index (κ2) is 11.3. The second-order valence-electron chi connectivity index (χ2n) is 6.43. The Morgan fingerprint density at radius 2 is 1.74 bits per heavy atom. The van der Waals surface area contributed by atoms with E-state index in [4.69, 9.17) is 11.6 Å². The number of carbonyl (C=O) groups excluding carboxylic acids is 2. The molecule has 0 saturated heterocycles. The molecule has 0 aliphatic rings. The predicted octanol–water partition coefficient (Wildman–Crippen LogP) is 4.62. The van der Waals surface area contributed by atoms with Crippen LogP contribution in [0.5, 0.6) is 0 Å². The number of carbonyl (C=O) groups is 2. The summed E-state index contributed by atoms with van der Waals surface area (Å²) in [4.78, 5) is 24.5. The fourth-order valence-electron chi connectivity index (χ4n) is 2.57. The van der Waals surface area contributed by atoms with E-state index in [1.165, 1.54) is 25.2 Å². The molecule has 0 aliphatic carbocycles. The van der Waals surface area contributed by atoms with Crippen LogP contribution in [0.25, 0.3) is 0 Å². The number of rotatable bonds is 11. The zero-order valence-corrected chi connectivity index (χ0v) is 17.8. The highest BCUT2D eigenvalue weighted by atomic mass is 35.5. The lowest BCUT2D eigenvalue weighted by Crippen LogP contribution is -2.41. The van der Waals surface area contributed by atoms with Crippen molar-refractivity contribution in [2.75, 3.05) is 13.6 Å². The number of sulfonamides is 1. The van der Waals surface area contributed by atoms with Gasteiger partial charge in [-0.3, -0.25) is 4.79 Å². The second-order valence-corrected chi connectivity index (χ2v) is 8.81. The number of benzene rings is 1. The number of nitrogens with zero attached hydrogens (tertiary/aromatic N) is 1. The van der Waals surface area contributed by atoms with Crippen LogP contribution in [0.4, 0.5) is 4.79 Å². The van der Waals surface area contributed by atoms with Gasteiger partial charge in [-0.05, 0) is 31.0 Å². The van der Waals surface area contributed by atoms with Crippen molar-refractivity contribution in [1.82, 2.24) is 9.62 Å². The first kappa shape index (κ1) is 23.4. The quantitative estimate of drug-likeness (QED) is 0.421. The van der Waals surface area contributed by atoms with Gasteiger partial charge in [-0.25, -0.2) is 17.5 Å². The van der Waals surface area contributed by atoms with Crippen molar-refractivity contribution < 1.29 is 18.0 Å². The predicted molar refractivity (Wildman–Crippen MR) is 108 cm³/mol. The molecule has 1 aromatic carbocycles. The Kier molecular flexibility index (Phi) is 9.80. The molecule has 1 N–H and O–H groups in total. The van der Waals surface area contributed by atoms with Gasteiger partial charge in [-0.15, -0.1) is 0 Å². The average Bonchev–Trinajstić information content (AvgIpc) is 2.64. The van der Waals surface area contributed by atoms with Gasteiger partial charge in [0.15, 0.2) is 5.78 Å². The first-order valence-electron chi connectivity index (χ1n) is 9.35. The van der Waals surface area contributed by atoms with Crippen LogP contribution in [0.3, 0.4) is 0 Å². The zero-order valence-electron chi connectivity index (χ0n) is 16.3. The molecule has 0 aromatic heterocycles. The standard InChI is InChI=1S/C19H29ClN2O4S/c1-4-6-7-8-9-10-17(23)16-14-15(20)11-12-18(16)27(25,26)22(3)19(24)21-13-5-2/h11-12,14H,4-10,13H2,1-3H3,(H,21,24). The molecular weight excluding hydrogens is 388 g/mol. The highest BCUT2D eigenvalue weighted by Gasteiger charge is 2.29. The number of nitrogens with one attached hydrogen (secondary N) is 1. The maximum absolute atomic E-state index is 12.9. The van der Waals surface area contributed by atoms with Gasteiger partial charge in [0.25, 0.3) is 10.0 Å². The molecule has 0 heterocycles. The van der Waals surface area contributed by atoms with E-state index in [0.717, 1.165) is 25.7 Å². The number of unbranched alkanes of at least 4 members (excludes halogenated alkanes) is 4. The van der Waals surface area contributed by atoms with Crippen molar-refractivity contribution in [2.45, 2.75) is 63.7 Å². The molecule has 0 aliphatic heterocycles. The van der Waals surface area contributed by atoms with Gasteiger partial charge in [0, 0.05) is 30.6 Å². The Balaban J connectivity index is 3.03. The van der Waals surface area contributed by atoms with Crippen LogP contribution in [0.1, 0.15) is 69.2 Å². The van der Waals surface area contributed by atoms with Gasteiger partial charge in [-0.2, -0.15) is 0 Å². The van der Waals surface area contributed by atoms with Gasteiger partial charge >= 0.3 is 6.03 Å². The molecule has 0 radical (unpaired) electrons. The van der Waals surface area contributed by atoms with E-state index in [1.807, 2.05) is 6.92 Å². The van der Waals surface area contributed by atoms with E-state index in [0.29, 0.717) is 23.7 Å². The van der Waals surface area contributed by atoms with Crippen molar-refractivity contribution >= 4 is 33.4 Å². The number of urea groups is 1. The summed E-state index contributed by atoms with van der Waals surface area (Å²) in [6, 6.07) is 3.32.